The maximum atomic E-state index is 12.5. The van der Waals surface area contributed by atoms with Crippen LogP contribution in [0.3, 0.4) is 0 Å². The minimum absolute atomic E-state index is 0.0613. The lowest BCUT2D eigenvalue weighted by Crippen LogP contribution is -2.52. The van der Waals surface area contributed by atoms with E-state index in [1.54, 1.807) is 35.2 Å². The molecule has 132 valence electrons. The van der Waals surface area contributed by atoms with E-state index in [1.807, 2.05) is 0 Å². The first kappa shape index (κ1) is 17.4. The van der Waals surface area contributed by atoms with Crippen LogP contribution in [0.5, 0.6) is 0 Å². The summed E-state index contributed by atoms with van der Waals surface area (Å²) in [7, 11) is -6.65. The van der Waals surface area contributed by atoms with E-state index in [-0.39, 0.29) is 35.4 Å². The van der Waals surface area contributed by atoms with E-state index in [1.165, 1.54) is 4.31 Å². The molecular formula is C15H20N2O5S2. The molecule has 2 aliphatic rings. The van der Waals surface area contributed by atoms with E-state index in [2.05, 4.69) is 0 Å². The predicted molar refractivity (Wildman–Crippen MR) is 88.5 cm³/mol. The zero-order chi connectivity index (χ0) is 17.4. The molecule has 1 aromatic rings. The minimum Gasteiger partial charge on any atom is -0.340 e. The van der Waals surface area contributed by atoms with Crippen molar-refractivity contribution in [2.45, 2.75) is 11.3 Å². The van der Waals surface area contributed by atoms with Crippen LogP contribution < -0.4 is 0 Å². The molecular weight excluding hydrogens is 352 g/mol. The third-order valence-corrected chi connectivity index (χ3v) is 8.19. The number of amides is 1. The smallest absolute Gasteiger partial charge is 0.243 e. The molecule has 0 N–H and O–H groups in total. The lowest BCUT2D eigenvalue weighted by molar-refractivity contribution is -0.135. The van der Waals surface area contributed by atoms with Crippen molar-refractivity contribution in [2.75, 3.05) is 37.7 Å². The highest BCUT2D eigenvalue weighted by molar-refractivity contribution is 7.91. The average Bonchev–Trinajstić information content (AvgIpc) is 2.95. The summed E-state index contributed by atoms with van der Waals surface area (Å²) in [5, 5.41) is 0. The van der Waals surface area contributed by atoms with Crippen molar-refractivity contribution in [3.63, 3.8) is 0 Å². The lowest BCUT2D eigenvalue weighted by atomic mass is 10.1. The first-order chi connectivity index (χ1) is 11.3. The van der Waals surface area contributed by atoms with E-state index in [0.29, 0.717) is 19.5 Å². The quantitative estimate of drug-likeness (QED) is 0.742. The van der Waals surface area contributed by atoms with Gasteiger partial charge in [-0.2, -0.15) is 4.31 Å². The van der Waals surface area contributed by atoms with Gasteiger partial charge in [0.2, 0.25) is 15.9 Å². The monoisotopic (exact) mass is 372 g/mol. The number of sulfonamides is 1. The Morgan fingerprint density at radius 1 is 1.04 bits per heavy atom. The highest BCUT2D eigenvalue weighted by Gasteiger charge is 2.37. The lowest BCUT2D eigenvalue weighted by Gasteiger charge is -2.35. The number of sulfone groups is 1. The molecule has 3 rings (SSSR count). The van der Waals surface area contributed by atoms with Crippen LogP contribution in [0.15, 0.2) is 35.2 Å². The largest absolute Gasteiger partial charge is 0.340 e. The minimum atomic E-state index is -3.55. The Morgan fingerprint density at radius 2 is 1.67 bits per heavy atom. The van der Waals surface area contributed by atoms with Crippen molar-refractivity contribution in [3.05, 3.63) is 30.3 Å². The summed E-state index contributed by atoms with van der Waals surface area (Å²) in [5.74, 6) is -0.680. The Kier molecular flexibility index (Phi) is 4.67. The van der Waals surface area contributed by atoms with E-state index in [4.69, 9.17) is 0 Å². The van der Waals surface area contributed by atoms with Crippen LogP contribution in [0.2, 0.25) is 0 Å². The molecule has 1 amide bonds. The Balaban J connectivity index is 1.63. The molecule has 2 saturated heterocycles. The van der Waals surface area contributed by atoms with Crippen molar-refractivity contribution < 1.29 is 21.6 Å². The van der Waals surface area contributed by atoms with Crippen molar-refractivity contribution >= 4 is 25.8 Å². The third-order valence-electron chi connectivity index (χ3n) is 4.51. The highest BCUT2D eigenvalue weighted by atomic mass is 32.2. The Morgan fingerprint density at radius 3 is 2.21 bits per heavy atom. The van der Waals surface area contributed by atoms with Crippen LogP contribution >= 0.6 is 0 Å². The summed E-state index contributed by atoms with van der Waals surface area (Å²) in [6.07, 6.45) is 0.365. The summed E-state index contributed by atoms with van der Waals surface area (Å²) in [6, 6.07) is 8.21. The van der Waals surface area contributed by atoms with Gasteiger partial charge in [0.05, 0.1) is 22.3 Å². The standard InChI is InChI=1S/C15H20N2O5S2/c18-15(13-6-11-23(19,20)12-13)16-7-9-17(10-8-16)24(21,22)14-4-2-1-3-5-14/h1-5,13H,6-12H2/t13-/m0/s1. The van der Waals surface area contributed by atoms with E-state index in [9.17, 15) is 21.6 Å². The summed E-state index contributed by atoms with van der Waals surface area (Å²) < 4.78 is 49.5. The second-order valence-corrected chi connectivity index (χ2v) is 10.3. The first-order valence-electron chi connectivity index (χ1n) is 7.84. The summed E-state index contributed by atoms with van der Waals surface area (Å²) >= 11 is 0. The number of carbonyl (C=O) groups is 1. The average molecular weight is 372 g/mol. The molecule has 2 aliphatic heterocycles. The summed E-state index contributed by atoms with van der Waals surface area (Å²) in [6.45, 7) is 1.04. The van der Waals surface area contributed by atoms with Gasteiger partial charge >= 0.3 is 0 Å². The van der Waals surface area contributed by atoms with Crippen molar-refractivity contribution in [3.8, 4) is 0 Å². The molecule has 0 spiro atoms. The van der Waals surface area contributed by atoms with Crippen LogP contribution in [-0.2, 0) is 24.7 Å². The summed E-state index contributed by atoms with van der Waals surface area (Å²) in [4.78, 5) is 14.2. The SMILES string of the molecule is O=C([C@H]1CCS(=O)(=O)C1)N1CCN(S(=O)(=O)c2ccccc2)CC1. The van der Waals surface area contributed by atoms with Crippen molar-refractivity contribution in [2.24, 2.45) is 5.92 Å². The molecule has 0 saturated carbocycles. The fourth-order valence-corrected chi connectivity index (χ4v) is 6.31. The van der Waals surface area contributed by atoms with Crippen LogP contribution in [0, 0.1) is 5.92 Å². The number of hydrogen-bond acceptors (Lipinski definition) is 5. The molecule has 2 heterocycles. The fraction of sp³-hybridized carbons (Fsp3) is 0.533. The van der Waals surface area contributed by atoms with Gasteiger partial charge in [-0.15, -0.1) is 0 Å². The molecule has 0 bridgehead atoms. The van der Waals surface area contributed by atoms with Gasteiger partial charge in [-0.05, 0) is 18.6 Å². The third kappa shape index (κ3) is 3.47. The molecule has 0 radical (unpaired) electrons. The van der Waals surface area contributed by atoms with Gasteiger partial charge in [-0.1, -0.05) is 18.2 Å². The topological polar surface area (TPSA) is 91.8 Å². The van der Waals surface area contributed by atoms with Gasteiger partial charge in [-0.25, -0.2) is 16.8 Å². The van der Waals surface area contributed by atoms with Gasteiger partial charge < -0.3 is 4.90 Å². The maximum Gasteiger partial charge on any atom is 0.243 e. The normalized spacial score (nSPS) is 24.8. The molecule has 0 aromatic heterocycles. The van der Waals surface area contributed by atoms with Gasteiger partial charge in [-0.3, -0.25) is 4.79 Å². The van der Waals surface area contributed by atoms with Gasteiger partial charge in [0, 0.05) is 26.2 Å². The van der Waals surface area contributed by atoms with E-state index < -0.39 is 25.8 Å². The Labute approximate surface area is 142 Å². The number of benzene rings is 1. The molecule has 0 aliphatic carbocycles. The number of piperazine rings is 1. The second kappa shape index (κ2) is 6.45. The number of rotatable bonds is 3. The number of hydrogen-bond donors (Lipinski definition) is 0. The molecule has 1 atom stereocenters. The second-order valence-electron chi connectivity index (χ2n) is 6.14. The molecule has 9 heteroatoms. The van der Waals surface area contributed by atoms with Gasteiger partial charge in [0.15, 0.2) is 9.84 Å². The predicted octanol–water partition coefficient (Wildman–Crippen LogP) is -0.0458. The van der Waals surface area contributed by atoms with Crippen LogP contribution in [0.1, 0.15) is 6.42 Å². The maximum absolute atomic E-state index is 12.5. The van der Waals surface area contributed by atoms with Gasteiger partial charge in [0.1, 0.15) is 0 Å². The zero-order valence-corrected chi connectivity index (χ0v) is 14.8. The van der Waals surface area contributed by atoms with Crippen molar-refractivity contribution in [1.29, 1.82) is 0 Å². The van der Waals surface area contributed by atoms with E-state index >= 15 is 0 Å². The van der Waals surface area contributed by atoms with Crippen LogP contribution in [0.25, 0.3) is 0 Å². The molecule has 0 unspecified atom stereocenters. The zero-order valence-electron chi connectivity index (χ0n) is 13.2. The Bertz CT molecular complexity index is 813. The van der Waals surface area contributed by atoms with E-state index in [0.717, 1.165) is 0 Å². The highest BCUT2D eigenvalue weighted by Crippen LogP contribution is 2.23. The molecule has 24 heavy (non-hydrogen) atoms. The number of nitrogens with zero attached hydrogens (tertiary/aromatic N) is 2. The van der Waals surface area contributed by atoms with Crippen molar-refractivity contribution in [1.82, 2.24) is 9.21 Å². The van der Waals surface area contributed by atoms with Crippen LogP contribution in [0.4, 0.5) is 0 Å². The van der Waals surface area contributed by atoms with Gasteiger partial charge in [0.25, 0.3) is 0 Å². The molecule has 2 fully saturated rings. The Hall–Kier alpha value is -1.45. The number of carbonyl (C=O) groups excluding carboxylic acids is 1. The summed E-state index contributed by atoms with van der Waals surface area (Å²) in [5.41, 5.74) is 0. The fourth-order valence-electron chi connectivity index (χ4n) is 3.14. The molecule has 1 aromatic carbocycles. The van der Waals surface area contributed by atoms with Crippen LogP contribution in [-0.4, -0.2) is 69.6 Å². The molecule has 7 nitrogen and oxygen atoms in total. The first-order valence-corrected chi connectivity index (χ1v) is 11.1.